The number of hydrogen-bond donors (Lipinski definition) is 3. The number of nitrogens with one attached hydrogen (secondary N) is 3. The van der Waals surface area contributed by atoms with Crippen molar-refractivity contribution in [3.63, 3.8) is 0 Å². The fourth-order valence-electron chi connectivity index (χ4n) is 4.85. The Hall–Kier alpha value is -2.78. The number of carbonyl (C=O) groups excluding carboxylic acids is 2. The summed E-state index contributed by atoms with van der Waals surface area (Å²) in [5, 5.41) is 9.96. The van der Waals surface area contributed by atoms with Crippen LogP contribution in [0.3, 0.4) is 0 Å². The van der Waals surface area contributed by atoms with Crippen molar-refractivity contribution in [1.29, 1.82) is 0 Å². The van der Waals surface area contributed by atoms with E-state index in [1.807, 2.05) is 31.2 Å². The van der Waals surface area contributed by atoms with Crippen LogP contribution in [0.5, 0.6) is 5.75 Å². The van der Waals surface area contributed by atoms with E-state index in [0.717, 1.165) is 72.0 Å². The van der Waals surface area contributed by atoms with Crippen LogP contribution >= 0.6 is 11.8 Å². The van der Waals surface area contributed by atoms with Gasteiger partial charge in [0.15, 0.2) is 0 Å². The maximum atomic E-state index is 13.3. The van der Waals surface area contributed by atoms with E-state index in [-0.39, 0.29) is 18.0 Å². The molecule has 4 aliphatic rings. The second-order valence-electron chi connectivity index (χ2n) is 9.17. The fourth-order valence-corrected chi connectivity index (χ4v) is 6.09. The van der Waals surface area contributed by atoms with E-state index in [4.69, 9.17) is 4.74 Å². The predicted octanol–water partition coefficient (Wildman–Crippen LogP) is 3.18. The van der Waals surface area contributed by atoms with Gasteiger partial charge in [0.2, 0.25) is 5.91 Å². The summed E-state index contributed by atoms with van der Waals surface area (Å²) in [4.78, 5) is 32.7. The smallest absolute Gasteiger partial charge is 0.327 e. The highest BCUT2D eigenvalue weighted by Gasteiger charge is 2.47. The zero-order valence-corrected chi connectivity index (χ0v) is 19.3. The normalized spacial score (nSPS) is 25.9. The minimum Gasteiger partial charge on any atom is -0.490 e. The largest absolute Gasteiger partial charge is 0.490 e. The molecule has 2 unspecified atom stereocenters. The minimum absolute atomic E-state index is 0.0471. The van der Waals surface area contributed by atoms with Gasteiger partial charge in [-0.25, -0.2) is 9.78 Å². The Bertz CT molecular complexity index is 1120. The number of piperidine rings is 1. The predicted molar refractivity (Wildman–Crippen MR) is 126 cm³/mol. The SMILES string of the molecule is Cc1cc(OC2CC2)ccc1N1C(=O)NC2c3c1ccnc3S[C@H]2C(=O)NC1CCCNC1. The first-order chi connectivity index (χ1) is 16.1. The average molecular weight is 466 g/mol. The lowest BCUT2D eigenvalue weighted by Gasteiger charge is -2.35. The topological polar surface area (TPSA) is 95.6 Å². The number of benzene rings is 1. The Labute approximate surface area is 196 Å². The maximum Gasteiger partial charge on any atom is 0.327 e. The molecule has 2 aromatic rings. The molecule has 33 heavy (non-hydrogen) atoms. The lowest BCUT2D eigenvalue weighted by atomic mass is 9.99. The summed E-state index contributed by atoms with van der Waals surface area (Å²) in [6.45, 7) is 3.76. The molecule has 1 saturated carbocycles. The molecule has 1 aromatic carbocycles. The molecule has 0 spiro atoms. The van der Waals surface area contributed by atoms with E-state index in [1.54, 1.807) is 11.1 Å². The zero-order chi connectivity index (χ0) is 22.5. The van der Waals surface area contributed by atoms with Gasteiger partial charge in [-0.3, -0.25) is 9.69 Å². The van der Waals surface area contributed by atoms with Crippen LogP contribution in [0.15, 0.2) is 35.5 Å². The summed E-state index contributed by atoms with van der Waals surface area (Å²) in [5.41, 5.74) is 3.46. The maximum absolute atomic E-state index is 13.3. The van der Waals surface area contributed by atoms with Gasteiger partial charge in [0.1, 0.15) is 16.0 Å². The first-order valence-corrected chi connectivity index (χ1v) is 12.5. The summed E-state index contributed by atoms with van der Waals surface area (Å²) in [5.74, 6) is 0.785. The fraction of sp³-hybridized carbons (Fsp3) is 0.458. The highest BCUT2D eigenvalue weighted by atomic mass is 32.2. The third-order valence-electron chi connectivity index (χ3n) is 6.64. The molecular weight excluding hydrogens is 438 g/mol. The second-order valence-corrected chi connectivity index (χ2v) is 10.3. The molecule has 3 N–H and O–H groups in total. The van der Waals surface area contributed by atoms with Crippen molar-refractivity contribution in [2.75, 3.05) is 18.0 Å². The number of ether oxygens (including phenoxy) is 1. The molecule has 0 bridgehead atoms. The third kappa shape index (κ3) is 3.83. The number of urea groups is 1. The Morgan fingerprint density at radius 2 is 2.12 bits per heavy atom. The van der Waals surface area contributed by atoms with Gasteiger partial charge >= 0.3 is 6.03 Å². The van der Waals surface area contributed by atoms with Gasteiger partial charge in [0.25, 0.3) is 0 Å². The van der Waals surface area contributed by atoms with Gasteiger partial charge in [0.05, 0.1) is 23.5 Å². The van der Waals surface area contributed by atoms with Crippen molar-refractivity contribution >= 4 is 35.1 Å². The molecule has 3 amide bonds. The lowest BCUT2D eigenvalue weighted by molar-refractivity contribution is -0.121. The number of anilines is 2. The molecule has 2 fully saturated rings. The summed E-state index contributed by atoms with van der Waals surface area (Å²) in [7, 11) is 0. The number of aromatic nitrogens is 1. The molecule has 1 saturated heterocycles. The van der Waals surface area contributed by atoms with Gasteiger partial charge in [-0.1, -0.05) is 11.8 Å². The standard InChI is InChI=1S/C24H27N5O3S/c1-13-11-16(32-15-4-5-15)6-7-17(13)29-18-8-10-26-23-19(18)20(28-24(29)31)21(33-23)22(30)27-14-3-2-9-25-12-14/h6-8,10-11,14-15,20-21,25H,2-5,9,12H2,1H3,(H,27,30)(H,28,31)/t14?,20?,21-/m1/s1. The first-order valence-electron chi connectivity index (χ1n) is 11.6. The summed E-state index contributed by atoms with van der Waals surface area (Å²) >= 11 is 1.43. The summed E-state index contributed by atoms with van der Waals surface area (Å²) in [6.07, 6.45) is 6.26. The summed E-state index contributed by atoms with van der Waals surface area (Å²) < 4.78 is 5.91. The number of hydrogen-bond acceptors (Lipinski definition) is 6. The molecular formula is C24H27N5O3S. The van der Waals surface area contributed by atoms with Crippen LogP contribution in [0.4, 0.5) is 16.2 Å². The van der Waals surface area contributed by atoms with E-state index < -0.39 is 11.3 Å². The Morgan fingerprint density at radius 1 is 1.24 bits per heavy atom. The molecule has 9 heteroatoms. The quantitative estimate of drug-likeness (QED) is 0.628. The van der Waals surface area contributed by atoms with Crippen molar-refractivity contribution in [2.45, 2.75) is 61.1 Å². The third-order valence-corrected chi connectivity index (χ3v) is 7.93. The van der Waals surface area contributed by atoms with Crippen LogP contribution in [0.25, 0.3) is 0 Å². The van der Waals surface area contributed by atoms with Crippen LogP contribution in [-0.2, 0) is 4.79 Å². The highest BCUT2D eigenvalue weighted by molar-refractivity contribution is 8.01. The highest BCUT2D eigenvalue weighted by Crippen LogP contribution is 2.51. The molecule has 3 atom stereocenters. The monoisotopic (exact) mass is 465 g/mol. The first kappa shape index (κ1) is 20.8. The molecule has 172 valence electrons. The lowest BCUT2D eigenvalue weighted by Crippen LogP contribution is -2.52. The van der Waals surface area contributed by atoms with E-state index in [1.165, 1.54) is 11.8 Å². The van der Waals surface area contributed by atoms with Gasteiger partial charge in [0, 0.05) is 24.3 Å². The second kappa shape index (κ2) is 8.22. The number of nitrogens with zero attached hydrogens (tertiary/aromatic N) is 2. The molecule has 6 rings (SSSR count). The number of aryl methyl sites for hydroxylation is 1. The molecule has 0 radical (unpaired) electrons. The van der Waals surface area contributed by atoms with Crippen molar-refractivity contribution in [2.24, 2.45) is 0 Å². The van der Waals surface area contributed by atoms with Gasteiger partial charge in [-0.15, -0.1) is 0 Å². The Kier molecular flexibility index (Phi) is 5.18. The van der Waals surface area contributed by atoms with Crippen molar-refractivity contribution in [3.8, 4) is 5.75 Å². The zero-order valence-electron chi connectivity index (χ0n) is 18.5. The number of thioether (sulfide) groups is 1. The minimum atomic E-state index is -0.433. The van der Waals surface area contributed by atoms with Crippen molar-refractivity contribution in [3.05, 3.63) is 41.6 Å². The van der Waals surface area contributed by atoms with E-state index >= 15 is 0 Å². The van der Waals surface area contributed by atoms with Crippen LogP contribution in [0, 0.1) is 6.92 Å². The average Bonchev–Trinajstić information content (AvgIpc) is 3.55. The Morgan fingerprint density at radius 3 is 2.88 bits per heavy atom. The van der Waals surface area contributed by atoms with Crippen molar-refractivity contribution in [1.82, 2.24) is 20.9 Å². The van der Waals surface area contributed by atoms with Crippen LogP contribution in [0.1, 0.15) is 42.9 Å². The van der Waals surface area contributed by atoms with Gasteiger partial charge in [-0.05, 0) is 69.0 Å². The number of pyridine rings is 1. The summed E-state index contributed by atoms with van der Waals surface area (Å²) in [6, 6.07) is 7.20. The van der Waals surface area contributed by atoms with Gasteiger partial charge < -0.3 is 20.7 Å². The van der Waals surface area contributed by atoms with E-state index in [0.29, 0.717) is 6.10 Å². The molecule has 1 aliphatic carbocycles. The number of rotatable bonds is 5. The molecule has 1 aromatic heterocycles. The number of amides is 3. The van der Waals surface area contributed by atoms with E-state index in [2.05, 4.69) is 20.9 Å². The van der Waals surface area contributed by atoms with Crippen LogP contribution < -0.4 is 25.6 Å². The van der Waals surface area contributed by atoms with Crippen molar-refractivity contribution < 1.29 is 14.3 Å². The molecule has 8 nitrogen and oxygen atoms in total. The molecule has 4 heterocycles. The Balaban J connectivity index is 1.29. The molecule has 3 aliphatic heterocycles. The van der Waals surface area contributed by atoms with Gasteiger partial charge in [-0.2, -0.15) is 0 Å². The van der Waals surface area contributed by atoms with E-state index in [9.17, 15) is 9.59 Å². The number of carbonyl (C=O) groups is 2. The van der Waals surface area contributed by atoms with Crippen LogP contribution in [0.2, 0.25) is 0 Å². The van der Waals surface area contributed by atoms with Crippen LogP contribution in [-0.4, -0.2) is 47.4 Å².